The standard InChI is InChI=1S/C4H4BrN3O/c5-3-1-7-8-4(3)6-2-9/h1-2H,(H2,6,7,8,9). The van der Waals surface area contributed by atoms with Gasteiger partial charge in [-0.1, -0.05) is 0 Å². The van der Waals surface area contributed by atoms with Gasteiger partial charge in [0.2, 0.25) is 6.41 Å². The topological polar surface area (TPSA) is 57.8 Å². The van der Waals surface area contributed by atoms with E-state index in [4.69, 9.17) is 0 Å². The molecule has 9 heavy (non-hydrogen) atoms. The first kappa shape index (κ1) is 6.28. The summed E-state index contributed by atoms with van der Waals surface area (Å²) < 4.78 is 0.745. The Labute approximate surface area is 59.8 Å². The number of hydrogen-bond acceptors (Lipinski definition) is 2. The molecule has 5 heteroatoms. The van der Waals surface area contributed by atoms with E-state index in [1.165, 1.54) is 0 Å². The van der Waals surface area contributed by atoms with E-state index in [1.54, 1.807) is 6.20 Å². The first-order chi connectivity index (χ1) is 4.34. The summed E-state index contributed by atoms with van der Waals surface area (Å²) in [5, 5.41) is 8.62. The van der Waals surface area contributed by atoms with Crippen molar-refractivity contribution in [1.82, 2.24) is 10.2 Å². The Bertz CT molecular complexity index is 209. The molecule has 0 fully saturated rings. The molecular formula is C4H4BrN3O. The number of aromatic nitrogens is 2. The van der Waals surface area contributed by atoms with Crippen LogP contribution in [0.5, 0.6) is 0 Å². The highest BCUT2D eigenvalue weighted by Crippen LogP contribution is 2.16. The Morgan fingerprint density at radius 1 is 1.89 bits per heavy atom. The Morgan fingerprint density at radius 3 is 3.11 bits per heavy atom. The molecule has 0 saturated heterocycles. The zero-order chi connectivity index (χ0) is 6.69. The van der Waals surface area contributed by atoms with E-state index in [0.717, 1.165) is 4.47 Å². The Hall–Kier alpha value is -0.840. The van der Waals surface area contributed by atoms with Crippen LogP contribution < -0.4 is 5.32 Å². The van der Waals surface area contributed by atoms with Gasteiger partial charge in [0, 0.05) is 0 Å². The molecule has 1 rings (SSSR count). The highest BCUT2D eigenvalue weighted by molar-refractivity contribution is 9.10. The van der Waals surface area contributed by atoms with Crippen molar-refractivity contribution in [3.05, 3.63) is 10.7 Å². The lowest BCUT2D eigenvalue weighted by Crippen LogP contribution is -1.93. The summed E-state index contributed by atoms with van der Waals surface area (Å²) in [7, 11) is 0. The molecule has 0 aromatic carbocycles. The molecule has 0 aliphatic carbocycles. The summed E-state index contributed by atoms with van der Waals surface area (Å²) in [4.78, 5) is 9.84. The smallest absolute Gasteiger partial charge is 0.212 e. The van der Waals surface area contributed by atoms with E-state index in [-0.39, 0.29) is 0 Å². The number of amides is 1. The Morgan fingerprint density at radius 2 is 2.67 bits per heavy atom. The monoisotopic (exact) mass is 189 g/mol. The molecule has 1 aromatic heterocycles. The Kier molecular flexibility index (Phi) is 1.84. The number of rotatable bonds is 2. The Balaban J connectivity index is 2.80. The predicted octanol–water partition coefficient (Wildman–Crippen LogP) is 0.740. The summed E-state index contributed by atoms with van der Waals surface area (Å²) >= 11 is 3.15. The van der Waals surface area contributed by atoms with E-state index in [0.29, 0.717) is 12.2 Å². The number of hydrogen-bond donors (Lipinski definition) is 2. The van der Waals surface area contributed by atoms with Crippen LogP contribution in [0.3, 0.4) is 0 Å². The first-order valence-electron chi connectivity index (χ1n) is 2.23. The number of carbonyl (C=O) groups is 1. The molecule has 0 atom stereocenters. The zero-order valence-electron chi connectivity index (χ0n) is 4.39. The summed E-state index contributed by atoms with van der Waals surface area (Å²) in [5.41, 5.74) is 0. The molecule has 4 nitrogen and oxygen atoms in total. The maximum atomic E-state index is 9.84. The van der Waals surface area contributed by atoms with Crippen molar-refractivity contribution >= 4 is 28.2 Å². The summed E-state index contributed by atoms with van der Waals surface area (Å²) in [6.45, 7) is 0. The number of nitrogens with zero attached hydrogens (tertiary/aromatic N) is 1. The average molecular weight is 190 g/mol. The molecule has 0 spiro atoms. The van der Waals surface area contributed by atoms with Crippen LogP contribution in [0.4, 0.5) is 5.82 Å². The van der Waals surface area contributed by atoms with E-state index < -0.39 is 0 Å². The lowest BCUT2D eigenvalue weighted by Gasteiger charge is -1.89. The van der Waals surface area contributed by atoms with Gasteiger partial charge in [0.15, 0.2) is 0 Å². The maximum Gasteiger partial charge on any atom is 0.212 e. The third-order valence-electron chi connectivity index (χ3n) is 0.796. The lowest BCUT2D eigenvalue weighted by atomic mass is 10.6. The van der Waals surface area contributed by atoms with Gasteiger partial charge >= 0.3 is 0 Å². The molecule has 1 heterocycles. The van der Waals surface area contributed by atoms with Gasteiger partial charge in [-0.3, -0.25) is 9.89 Å². The van der Waals surface area contributed by atoms with Gasteiger partial charge in [-0.25, -0.2) is 0 Å². The number of nitrogens with one attached hydrogen (secondary N) is 2. The van der Waals surface area contributed by atoms with E-state index in [9.17, 15) is 4.79 Å². The van der Waals surface area contributed by atoms with E-state index in [2.05, 4.69) is 31.4 Å². The summed E-state index contributed by atoms with van der Waals surface area (Å²) in [6.07, 6.45) is 2.14. The molecule has 0 aliphatic rings. The molecule has 0 aliphatic heterocycles. The van der Waals surface area contributed by atoms with Crippen LogP contribution >= 0.6 is 15.9 Å². The fourth-order valence-electron chi connectivity index (χ4n) is 0.432. The van der Waals surface area contributed by atoms with Crippen LogP contribution in [0, 0.1) is 0 Å². The molecule has 48 valence electrons. The molecule has 0 unspecified atom stereocenters. The second kappa shape index (κ2) is 2.63. The number of H-pyrrole nitrogens is 1. The van der Waals surface area contributed by atoms with Crippen LogP contribution in [-0.4, -0.2) is 16.6 Å². The van der Waals surface area contributed by atoms with Crippen LogP contribution in [0.1, 0.15) is 0 Å². The van der Waals surface area contributed by atoms with Gasteiger partial charge in [0.05, 0.1) is 10.7 Å². The van der Waals surface area contributed by atoms with Gasteiger partial charge in [-0.15, -0.1) is 0 Å². The third-order valence-corrected chi connectivity index (χ3v) is 1.40. The SMILES string of the molecule is O=CNc1[nH]ncc1Br. The fraction of sp³-hybridized carbons (Fsp3) is 0. The number of carbonyl (C=O) groups excluding carboxylic acids is 1. The first-order valence-corrected chi connectivity index (χ1v) is 3.03. The van der Waals surface area contributed by atoms with Crippen molar-refractivity contribution in [2.45, 2.75) is 0 Å². The molecule has 1 aromatic rings. The van der Waals surface area contributed by atoms with Gasteiger partial charge in [0.1, 0.15) is 5.82 Å². The third kappa shape index (κ3) is 1.29. The fourth-order valence-corrected chi connectivity index (χ4v) is 0.737. The highest BCUT2D eigenvalue weighted by Gasteiger charge is 1.96. The largest absolute Gasteiger partial charge is 0.313 e. The van der Waals surface area contributed by atoms with Crippen molar-refractivity contribution in [2.75, 3.05) is 5.32 Å². The summed E-state index contributed by atoms with van der Waals surface area (Å²) in [6, 6.07) is 0. The van der Waals surface area contributed by atoms with E-state index >= 15 is 0 Å². The molecular weight excluding hydrogens is 186 g/mol. The van der Waals surface area contributed by atoms with E-state index in [1.807, 2.05) is 0 Å². The molecule has 2 N–H and O–H groups in total. The zero-order valence-corrected chi connectivity index (χ0v) is 5.97. The van der Waals surface area contributed by atoms with Crippen molar-refractivity contribution in [3.63, 3.8) is 0 Å². The molecule has 0 bridgehead atoms. The normalized spacial score (nSPS) is 9.00. The van der Waals surface area contributed by atoms with Gasteiger partial charge in [-0.05, 0) is 15.9 Å². The lowest BCUT2D eigenvalue weighted by molar-refractivity contribution is -0.105. The number of aromatic amines is 1. The summed E-state index contributed by atoms with van der Waals surface area (Å²) in [5.74, 6) is 0.574. The predicted molar refractivity (Wildman–Crippen MR) is 36.0 cm³/mol. The van der Waals surface area contributed by atoms with Crippen molar-refractivity contribution in [3.8, 4) is 0 Å². The van der Waals surface area contributed by atoms with Crippen LogP contribution in [0.25, 0.3) is 0 Å². The number of anilines is 1. The van der Waals surface area contributed by atoms with Gasteiger partial charge in [-0.2, -0.15) is 5.10 Å². The van der Waals surface area contributed by atoms with Gasteiger partial charge in [0.25, 0.3) is 0 Å². The minimum Gasteiger partial charge on any atom is -0.313 e. The van der Waals surface area contributed by atoms with Gasteiger partial charge < -0.3 is 5.32 Å². The van der Waals surface area contributed by atoms with Crippen molar-refractivity contribution in [2.24, 2.45) is 0 Å². The second-order valence-corrected chi connectivity index (χ2v) is 2.21. The maximum absolute atomic E-state index is 9.84. The quantitative estimate of drug-likeness (QED) is 0.675. The highest BCUT2D eigenvalue weighted by atomic mass is 79.9. The van der Waals surface area contributed by atoms with Crippen molar-refractivity contribution in [1.29, 1.82) is 0 Å². The molecule has 1 amide bonds. The average Bonchev–Trinajstić information content (AvgIpc) is 2.18. The molecule has 0 saturated carbocycles. The molecule has 0 radical (unpaired) electrons. The number of halogens is 1. The minimum atomic E-state index is 0.574. The van der Waals surface area contributed by atoms with Crippen molar-refractivity contribution < 1.29 is 4.79 Å². The van der Waals surface area contributed by atoms with Crippen LogP contribution in [0.2, 0.25) is 0 Å². The second-order valence-electron chi connectivity index (χ2n) is 1.36. The van der Waals surface area contributed by atoms with Crippen LogP contribution in [0.15, 0.2) is 10.7 Å². The van der Waals surface area contributed by atoms with Crippen LogP contribution in [-0.2, 0) is 4.79 Å². The minimum absolute atomic E-state index is 0.574.